The Kier molecular flexibility index (Phi) is 11.6. The number of hydrogen-bond donors (Lipinski definition) is 2. The third-order valence-electron chi connectivity index (χ3n) is 9.16. The molecule has 2 aromatic carbocycles. The Bertz CT molecular complexity index is 1380. The Hall–Kier alpha value is -2.43. The molecule has 0 radical (unpaired) electrons. The highest BCUT2D eigenvalue weighted by Gasteiger charge is 2.44. The van der Waals surface area contributed by atoms with Gasteiger partial charge in [0.25, 0.3) is 0 Å². The maximum Gasteiger partial charge on any atom is 0.407 e. The van der Waals surface area contributed by atoms with Crippen LogP contribution >= 0.6 is 46.4 Å². The van der Waals surface area contributed by atoms with Crippen LogP contribution in [0.25, 0.3) is 0 Å². The van der Waals surface area contributed by atoms with Crippen LogP contribution in [0.5, 0.6) is 0 Å². The van der Waals surface area contributed by atoms with Crippen LogP contribution in [-0.2, 0) is 22.6 Å². The van der Waals surface area contributed by atoms with Gasteiger partial charge in [0.1, 0.15) is 6.61 Å². The van der Waals surface area contributed by atoms with E-state index in [4.69, 9.17) is 51.1 Å². The molecule has 2 heterocycles. The Balaban J connectivity index is 1.16. The van der Waals surface area contributed by atoms with Gasteiger partial charge in [0.05, 0.1) is 26.1 Å². The van der Waals surface area contributed by atoms with E-state index in [0.717, 1.165) is 30.8 Å². The molecule has 1 atom stereocenters. The van der Waals surface area contributed by atoms with E-state index in [-0.39, 0.29) is 44.1 Å². The zero-order valence-electron chi connectivity index (χ0n) is 25.1. The first-order valence-corrected chi connectivity index (χ1v) is 17.0. The molecular weight excluding hydrogens is 660 g/mol. The predicted molar refractivity (Wildman–Crippen MR) is 177 cm³/mol. The van der Waals surface area contributed by atoms with Crippen LogP contribution in [0.2, 0.25) is 20.1 Å². The summed E-state index contributed by atoms with van der Waals surface area (Å²) in [6.45, 7) is 4.50. The molecule has 1 spiro atoms. The van der Waals surface area contributed by atoms with Gasteiger partial charge < -0.3 is 30.1 Å². The molecule has 3 aliphatic rings. The van der Waals surface area contributed by atoms with Crippen molar-refractivity contribution in [3.63, 3.8) is 0 Å². The average Bonchev–Trinajstić information content (AvgIpc) is 3.82. The number of likely N-dealkylation sites (tertiary alicyclic amines) is 1. The van der Waals surface area contributed by atoms with Gasteiger partial charge in [-0.25, -0.2) is 9.59 Å². The molecule has 0 unspecified atom stereocenters. The van der Waals surface area contributed by atoms with Crippen molar-refractivity contribution >= 4 is 64.4 Å². The lowest BCUT2D eigenvalue weighted by Crippen LogP contribution is -2.47. The van der Waals surface area contributed by atoms with Gasteiger partial charge in [-0.05, 0) is 86.0 Å². The van der Waals surface area contributed by atoms with Crippen LogP contribution in [0.1, 0.15) is 49.7 Å². The summed E-state index contributed by atoms with van der Waals surface area (Å²) in [6, 6.07) is 9.80. The molecule has 9 nitrogen and oxygen atoms in total. The van der Waals surface area contributed by atoms with Crippen molar-refractivity contribution in [1.29, 1.82) is 0 Å². The summed E-state index contributed by atoms with van der Waals surface area (Å²) in [5.74, 6) is -0.0600. The molecule has 244 valence electrons. The fraction of sp³-hybridized carbons (Fsp3) is 0.531. The maximum absolute atomic E-state index is 13.4. The summed E-state index contributed by atoms with van der Waals surface area (Å²) in [7, 11) is 0. The molecule has 2 saturated heterocycles. The van der Waals surface area contributed by atoms with E-state index >= 15 is 0 Å². The second-order valence-corrected chi connectivity index (χ2v) is 13.8. The molecular formula is C32H39Cl4N5O4. The van der Waals surface area contributed by atoms with Gasteiger partial charge in [0.15, 0.2) is 0 Å². The summed E-state index contributed by atoms with van der Waals surface area (Å²) < 4.78 is 5.65. The summed E-state index contributed by atoms with van der Waals surface area (Å²) in [4.78, 5) is 45.0. The second-order valence-electron chi connectivity index (χ2n) is 12.2. The molecule has 13 heteroatoms. The Morgan fingerprint density at radius 3 is 2.02 bits per heavy atom. The number of urea groups is 1. The van der Waals surface area contributed by atoms with E-state index in [1.165, 1.54) is 25.7 Å². The smallest absolute Gasteiger partial charge is 0.407 e. The van der Waals surface area contributed by atoms with Crippen molar-refractivity contribution in [2.75, 3.05) is 45.9 Å². The lowest BCUT2D eigenvalue weighted by molar-refractivity contribution is -0.133. The van der Waals surface area contributed by atoms with E-state index < -0.39 is 6.09 Å². The first-order chi connectivity index (χ1) is 21.6. The molecule has 2 N–H and O–H groups in total. The third-order valence-corrected chi connectivity index (χ3v) is 10.6. The molecule has 2 aliphatic heterocycles. The number of hydrogen-bond acceptors (Lipinski definition) is 5. The third kappa shape index (κ3) is 9.55. The number of nitrogens with zero attached hydrogens (tertiary/aromatic N) is 3. The summed E-state index contributed by atoms with van der Waals surface area (Å²) in [5.41, 5.74) is 2.19. The van der Waals surface area contributed by atoms with Crippen LogP contribution < -0.4 is 10.6 Å². The van der Waals surface area contributed by atoms with E-state index in [2.05, 4.69) is 15.5 Å². The number of amides is 4. The first kappa shape index (κ1) is 33.9. The van der Waals surface area contributed by atoms with Gasteiger partial charge in [-0.1, -0.05) is 58.5 Å². The number of alkyl carbamates (subject to hydrolysis) is 1. The van der Waals surface area contributed by atoms with Gasteiger partial charge in [-0.3, -0.25) is 4.79 Å². The summed E-state index contributed by atoms with van der Waals surface area (Å²) >= 11 is 24.2. The minimum absolute atomic E-state index is 0.0558. The van der Waals surface area contributed by atoms with E-state index in [1.807, 2.05) is 0 Å². The van der Waals surface area contributed by atoms with Gasteiger partial charge in [0, 0.05) is 45.7 Å². The number of ether oxygens (including phenoxy) is 1. The van der Waals surface area contributed by atoms with Crippen LogP contribution in [0.3, 0.4) is 0 Å². The van der Waals surface area contributed by atoms with Crippen LogP contribution in [-0.4, -0.2) is 84.6 Å². The average molecular weight is 700 g/mol. The van der Waals surface area contributed by atoms with Crippen molar-refractivity contribution in [1.82, 2.24) is 25.3 Å². The number of carbonyl (C=O) groups excluding carboxylic acids is 3. The molecule has 0 bridgehead atoms. The van der Waals surface area contributed by atoms with Crippen LogP contribution in [0.4, 0.5) is 9.59 Å². The zero-order chi connectivity index (χ0) is 32.0. The zero-order valence-corrected chi connectivity index (χ0v) is 28.2. The molecule has 5 rings (SSSR count). The fourth-order valence-electron chi connectivity index (χ4n) is 6.00. The molecule has 1 aliphatic carbocycles. The highest BCUT2D eigenvalue weighted by atomic mass is 35.5. The maximum atomic E-state index is 13.4. The fourth-order valence-corrected chi connectivity index (χ4v) is 6.64. The standard InChI is InChI=1S/C32H39Cl4N5O4/c33-25-3-1-22(17-27(25)35)19-37-30(43)40-12-6-29(42)41(16-15-40)24(5-11-39-13-9-32(7-8-32)10-14-39)21-45-31(44)38-20-23-2-4-26(34)28(36)18-23/h1-4,17-18,24H,5-16,19-21H2,(H,37,43)(H,38,44)/t24-/m0/s1. The summed E-state index contributed by atoms with van der Waals surface area (Å²) in [6.07, 6.45) is 5.41. The molecule has 2 aromatic rings. The minimum atomic E-state index is -0.578. The largest absolute Gasteiger partial charge is 0.447 e. The van der Waals surface area contributed by atoms with Gasteiger partial charge >= 0.3 is 12.1 Å². The van der Waals surface area contributed by atoms with E-state index in [1.54, 1.807) is 46.2 Å². The first-order valence-electron chi connectivity index (χ1n) is 15.4. The molecule has 1 saturated carbocycles. The molecule has 0 aromatic heterocycles. The quantitative estimate of drug-likeness (QED) is 0.292. The normalized spacial score (nSPS) is 18.8. The lowest BCUT2D eigenvalue weighted by atomic mass is 9.93. The highest BCUT2D eigenvalue weighted by Crippen LogP contribution is 2.53. The van der Waals surface area contributed by atoms with Gasteiger partial charge in [-0.15, -0.1) is 0 Å². The monoisotopic (exact) mass is 697 g/mol. The predicted octanol–water partition coefficient (Wildman–Crippen LogP) is 6.61. The number of rotatable bonds is 10. The Labute approximate surface area is 284 Å². The van der Waals surface area contributed by atoms with Gasteiger partial charge in [-0.2, -0.15) is 0 Å². The second kappa shape index (κ2) is 15.4. The van der Waals surface area contributed by atoms with Crippen LogP contribution in [0.15, 0.2) is 36.4 Å². The minimum Gasteiger partial charge on any atom is -0.447 e. The van der Waals surface area contributed by atoms with E-state index in [0.29, 0.717) is 51.6 Å². The topological polar surface area (TPSA) is 94.2 Å². The number of carbonyl (C=O) groups is 3. The SMILES string of the molecule is O=C(NCc1ccc(Cl)c(Cl)c1)OC[C@H](CCN1CCC2(CC1)CC2)N1CCN(C(=O)NCc2ccc(Cl)c(Cl)c2)CCC1=O. The number of halogens is 4. The Morgan fingerprint density at radius 2 is 1.42 bits per heavy atom. The van der Waals surface area contributed by atoms with Crippen molar-refractivity contribution in [3.8, 4) is 0 Å². The number of benzene rings is 2. The summed E-state index contributed by atoms with van der Waals surface area (Å²) in [5, 5.41) is 7.39. The van der Waals surface area contributed by atoms with E-state index in [9.17, 15) is 14.4 Å². The molecule has 4 amide bonds. The van der Waals surface area contributed by atoms with Crippen molar-refractivity contribution in [2.24, 2.45) is 5.41 Å². The number of piperidine rings is 1. The lowest BCUT2D eigenvalue weighted by Gasteiger charge is -2.35. The van der Waals surface area contributed by atoms with Crippen molar-refractivity contribution in [3.05, 3.63) is 67.6 Å². The van der Waals surface area contributed by atoms with Gasteiger partial charge in [0.2, 0.25) is 5.91 Å². The molecule has 45 heavy (non-hydrogen) atoms. The van der Waals surface area contributed by atoms with Crippen LogP contribution in [0, 0.1) is 5.41 Å². The van der Waals surface area contributed by atoms with Crippen molar-refractivity contribution in [2.45, 2.75) is 57.7 Å². The molecule has 3 fully saturated rings. The highest BCUT2D eigenvalue weighted by molar-refractivity contribution is 6.42. The number of nitrogens with one attached hydrogen (secondary N) is 2. The van der Waals surface area contributed by atoms with Crippen molar-refractivity contribution < 1.29 is 19.1 Å². The Morgan fingerprint density at radius 1 is 0.800 bits per heavy atom.